The lowest BCUT2D eigenvalue weighted by atomic mass is 10.2. The van der Waals surface area contributed by atoms with E-state index in [0.717, 1.165) is 32.5 Å². The van der Waals surface area contributed by atoms with Crippen LogP contribution in [0.4, 0.5) is 0 Å². The van der Waals surface area contributed by atoms with Gasteiger partial charge in [-0.15, -0.1) is 11.3 Å². The first-order chi connectivity index (χ1) is 13.2. The van der Waals surface area contributed by atoms with Crippen molar-refractivity contribution >= 4 is 23.2 Å². The fraction of sp³-hybridized carbons (Fsp3) is 0.429. The Kier molecular flexibility index (Phi) is 5.55. The smallest absolute Gasteiger partial charge is 0.348 e. The molecule has 1 saturated heterocycles. The number of fused-ring (bicyclic) bond motifs is 1. The van der Waals surface area contributed by atoms with Crippen LogP contribution >= 0.6 is 11.3 Å². The molecule has 1 fully saturated rings. The third-order valence-electron chi connectivity index (χ3n) is 5.25. The van der Waals surface area contributed by atoms with Crippen LogP contribution in [-0.2, 0) is 28.9 Å². The van der Waals surface area contributed by atoms with Crippen LogP contribution in [0.5, 0.6) is 0 Å². The summed E-state index contributed by atoms with van der Waals surface area (Å²) in [5, 5.41) is 0. The van der Waals surface area contributed by atoms with Crippen LogP contribution < -0.4 is 0 Å². The van der Waals surface area contributed by atoms with Crippen LogP contribution in [0.2, 0.25) is 0 Å². The van der Waals surface area contributed by atoms with Crippen LogP contribution in [0.3, 0.4) is 0 Å². The van der Waals surface area contributed by atoms with Crippen molar-refractivity contribution < 1.29 is 14.3 Å². The minimum absolute atomic E-state index is 0.105. The van der Waals surface area contributed by atoms with Gasteiger partial charge in [0.25, 0.3) is 5.91 Å². The summed E-state index contributed by atoms with van der Waals surface area (Å²) < 4.78 is 5.27. The maximum absolute atomic E-state index is 12.4. The minimum atomic E-state index is -0.370. The molecule has 1 aromatic carbocycles. The Labute approximate surface area is 163 Å². The zero-order chi connectivity index (χ0) is 18.6. The molecule has 2 aromatic rings. The number of ether oxygens (including phenoxy) is 1. The molecule has 2 heterocycles. The molecule has 142 valence electrons. The van der Waals surface area contributed by atoms with Gasteiger partial charge >= 0.3 is 5.97 Å². The monoisotopic (exact) mass is 384 g/mol. The number of nitrogens with zero attached hydrogens (tertiary/aromatic N) is 2. The van der Waals surface area contributed by atoms with E-state index in [1.165, 1.54) is 33.8 Å². The highest BCUT2D eigenvalue weighted by atomic mass is 32.1. The summed E-state index contributed by atoms with van der Waals surface area (Å²) in [5.41, 5.74) is 2.56. The fourth-order valence-electron chi connectivity index (χ4n) is 3.72. The van der Waals surface area contributed by atoms with Gasteiger partial charge in [-0.1, -0.05) is 30.3 Å². The number of carbonyl (C=O) groups excluding carboxylic acids is 2. The van der Waals surface area contributed by atoms with Gasteiger partial charge in [0, 0.05) is 37.6 Å². The zero-order valence-corrected chi connectivity index (χ0v) is 16.2. The van der Waals surface area contributed by atoms with Crippen LogP contribution in [0.25, 0.3) is 0 Å². The predicted octanol–water partition coefficient (Wildman–Crippen LogP) is 2.74. The van der Waals surface area contributed by atoms with E-state index in [1.807, 2.05) is 24.3 Å². The molecule has 0 saturated carbocycles. The Balaban J connectivity index is 1.21. The van der Waals surface area contributed by atoms with Crippen molar-refractivity contribution in [2.24, 2.45) is 0 Å². The largest absolute Gasteiger partial charge is 0.451 e. The van der Waals surface area contributed by atoms with E-state index < -0.39 is 0 Å². The SMILES string of the molecule is O=C(OCC(=O)N1CCN(Cc2ccccc2)CC1)c1cc2c(s1)CCC2. The first-order valence-electron chi connectivity index (χ1n) is 9.52. The molecule has 5 nitrogen and oxygen atoms in total. The number of esters is 1. The highest BCUT2D eigenvalue weighted by molar-refractivity contribution is 7.14. The second-order valence-electron chi connectivity index (χ2n) is 7.13. The molecule has 0 N–H and O–H groups in total. The van der Waals surface area contributed by atoms with Gasteiger partial charge in [0.15, 0.2) is 6.61 Å². The summed E-state index contributed by atoms with van der Waals surface area (Å²) >= 11 is 1.51. The zero-order valence-electron chi connectivity index (χ0n) is 15.4. The van der Waals surface area contributed by atoms with Gasteiger partial charge in [-0.05, 0) is 36.5 Å². The number of piperazine rings is 1. The van der Waals surface area contributed by atoms with E-state index in [1.54, 1.807) is 4.90 Å². The topological polar surface area (TPSA) is 49.9 Å². The molecule has 2 aliphatic rings. The average molecular weight is 385 g/mol. The van der Waals surface area contributed by atoms with Gasteiger partial charge in [-0.2, -0.15) is 0 Å². The summed E-state index contributed by atoms with van der Waals surface area (Å²) in [6.45, 7) is 3.77. The summed E-state index contributed by atoms with van der Waals surface area (Å²) in [4.78, 5) is 30.6. The molecule has 27 heavy (non-hydrogen) atoms. The highest BCUT2D eigenvalue weighted by Crippen LogP contribution is 2.30. The lowest BCUT2D eigenvalue weighted by Gasteiger charge is -2.34. The van der Waals surface area contributed by atoms with Crippen molar-refractivity contribution in [2.45, 2.75) is 25.8 Å². The van der Waals surface area contributed by atoms with E-state index in [4.69, 9.17) is 4.74 Å². The van der Waals surface area contributed by atoms with Crippen molar-refractivity contribution in [3.8, 4) is 0 Å². The summed E-state index contributed by atoms with van der Waals surface area (Å²) in [5.74, 6) is -0.475. The second kappa shape index (κ2) is 8.23. The molecule has 0 radical (unpaired) electrons. The number of hydrogen-bond acceptors (Lipinski definition) is 5. The molecule has 0 bridgehead atoms. The summed E-state index contributed by atoms with van der Waals surface area (Å²) in [6.07, 6.45) is 3.27. The summed E-state index contributed by atoms with van der Waals surface area (Å²) in [6, 6.07) is 12.3. The van der Waals surface area contributed by atoms with Crippen LogP contribution in [0, 0.1) is 0 Å². The Morgan fingerprint density at radius 2 is 1.81 bits per heavy atom. The Morgan fingerprint density at radius 3 is 2.56 bits per heavy atom. The third kappa shape index (κ3) is 4.39. The minimum Gasteiger partial charge on any atom is -0.451 e. The van der Waals surface area contributed by atoms with Gasteiger partial charge in [0.2, 0.25) is 0 Å². The normalized spacial score (nSPS) is 17.0. The molecule has 0 spiro atoms. The summed E-state index contributed by atoms with van der Waals surface area (Å²) in [7, 11) is 0. The van der Waals surface area contributed by atoms with E-state index in [9.17, 15) is 9.59 Å². The maximum Gasteiger partial charge on any atom is 0.348 e. The Morgan fingerprint density at radius 1 is 1.04 bits per heavy atom. The number of aryl methyl sites for hydroxylation is 2. The molecule has 4 rings (SSSR count). The van der Waals surface area contributed by atoms with Gasteiger partial charge < -0.3 is 9.64 Å². The number of hydrogen-bond donors (Lipinski definition) is 0. The first-order valence-corrected chi connectivity index (χ1v) is 10.3. The maximum atomic E-state index is 12.4. The highest BCUT2D eigenvalue weighted by Gasteiger charge is 2.24. The molecule has 1 aliphatic carbocycles. The van der Waals surface area contributed by atoms with E-state index in [2.05, 4.69) is 17.0 Å². The molecule has 0 unspecified atom stereocenters. The predicted molar refractivity (Wildman–Crippen MR) is 105 cm³/mol. The van der Waals surface area contributed by atoms with Crippen LogP contribution in [0.1, 0.15) is 32.1 Å². The van der Waals surface area contributed by atoms with E-state index in [0.29, 0.717) is 18.0 Å². The lowest BCUT2D eigenvalue weighted by Crippen LogP contribution is -2.49. The lowest BCUT2D eigenvalue weighted by molar-refractivity contribution is -0.136. The molecule has 1 aromatic heterocycles. The Hall–Kier alpha value is -2.18. The third-order valence-corrected chi connectivity index (χ3v) is 6.47. The van der Waals surface area contributed by atoms with Gasteiger partial charge in [0.1, 0.15) is 4.88 Å². The number of thiophene rings is 1. The van der Waals surface area contributed by atoms with E-state index >= 15 is 0 Å². The average Bonchev–Trinajstić information content (AvgIpc) is 3.29. The van der Waals surface area contributed by atoms with E-state index in [-0.39, 0.29) is 18.5 Å². The molecule has 1 aliphatic heterocycles. The number of amides is 1. The molecule has 6 heteroatoms. The number of benzene rings is 1. The van der Waals surface area contributed by atoms with Crippen molar-refractivity contribution in [1.82, 2.24) is 9.80 Å². The fourth-order valence-corrected chi connectivity index (χ4v) is 4.86. The van der Waals surface area contributed by atoms with Crippen LogP contribution in [0.15, 0.2) is 36.4 Å². The van der Waals surface area contributed by atoms with Gasteiger partial charge in [-0.3, -0.25) is 9.69 Å². The van der Waals surface area contributed by atoms with Gasteiger partial charge in [0.05, 0.1) is 0 Å². The number of carbonyl (C=O) groups is 2. The first kappa shape index (κ1) is 18.2. The second-order valence-corrected chi connectivity index (χ2v) is 8.27. The van der Waals surface area contributed by atoms with Crippen molar-refractivity contribution in [1.29, 1.82) is 0 Å². The quantitative estimate of drug-likeness (QED) is 0.744. The van der Waals surface area contributed by atoms with Crippen molar-refractivity contribution in [3.05, 3.63) is 57.3 Å². The molecule has 1 amide bonds. The van der Waals surface area contributed by atoms with Gasteiger partial charge in [-0.25, -0.2) is 4.79 Å². The Bertz CT molecular complexity index is 789. The molecular formula is C21H24N2O3S. The van der Waals surface area contributed by atoms with Crippen molar-refractivity contribution in [2.75, 3.05) is 32.8 Å². The van der Waals surface area contributed by atoms with Crippen LogP contribution in [-0.4, -0.2) is 54.5 Å². The molecule has 0 atom stereocenters. The molecular weight excluding hydrogens is 360 g/mol. The number of rotatable bonds is 5. The standard InChI is InChI=1S/C21H24N2O3S/c24-20(15-26-21(25)19-13-17-7-4-8-18(17)27-19)23-11-9-22(10-12-23)14-16-5-2-1-3-6-16/h1-3,5-6,13H,4,7-12,14-15H2. The van der Waals surface area contributed by atoms with Crippen molar-refractivity contribution in [3.63, 3.8) is 0 Å².